The summed E-state index contributed by atoms with van der Waals surface area (Å²) in [7, 11) is 2.04. The van der Waals surface area contributed by atoms with Gasteiger partial charge in [0, 0.05) is 11.8 Å². The van der Waals surface area contributed by atoms with Gasteiger partial charge in [-0.1, -0.05) is 44.9 Å². The Morgan fingerprint density at radius 3 is 2.79 bits per heavy atom. The number of aromatic nitrogens is 4. The summed E-state index contributed by atoms with van der Waals surface area (Å²) in [6.45, 7) is 4.53. The Labute approximate surface area is 119 Å². The second-order valence-electron chi connectivity index (χ2n) is 5.44. The third-order valence-corrected chi connectivity index (χ3v) is 5.28. The van der Waals surface area contributed by atoms with Gasteiger partial charge in [-0.2, -0.15) is 0 Å². The quantitative estimate of drug-likeness (QED) is 0.779. The first-order valence-electron chi connectivity index (χ1n) is 7.34. The van der Waals surface area contributed by atoms with Gasteiger partial charge in [-0.15, -0.1) is 5.10 Å². The van der Waals surface area contributed by atoms with Crippen LogP contribution in [0.2, 0.25) is 0 Å². The van der Waals surface area contributed by atoms with Gasteiger partial charge in [0.2, 0.25) is 5.16 Å². The van der Waals surface area contributed by atoms with Crippen LogP contribution >= 0.6 is 11.8 Å². The summed E-state index contributed by atoms with van der Waals surface area (Å²) in [5.74, 6) is 1.70. The minimum atomic E-state index is 0.517. The smallest absolute Gasteiger partial charge is 0.209 e. The molecule has 1 N–H and O–H groups in total. The molecule has 19 heavy (non-hydrogen) atoms. The van der Waals surface area contributed by atoms with Gasteiger partial charge in [0.05, 0.1) is 6.04 Å². The van der Waals surface area contributed by atoms with Crippen LogP contribution in [-0.2, 0) is 0 Å². The first-order valence-corrected chi connectivity index (χ1v) is 8.32. The first-order chi connectivity index (χ1) is 9.26. The van der Waals surface area contributed by atoms with Gasteiger partial charge in [0.25, 0.3) is 0 Å². The third-order valence-electron chi connectivity index (χ3n) is 4.23. The van der Waals surface area contributed by atoms with E-state index >= 15 is 0 Å². The number of hydrogen-bond donors (Lipinski definition) is 1. The van der Waals surface area contributed by atoms with Crippen molar-refractivity contribution >= 4 is 11.8 Å². The Kier molecular flexibility index (Phi) is 5.63. The number of rotatable bonds is 7. The third kappa shape index (κ3) is 3.69. The Bertz CT molecular complexity index is 375. The molecule has 0 radical (unpaired) electrons. The van der Waals surface area contributed by atoms with E-state index in [9.17, 15) is 0 Å². The van der Waals surface area contributed by atoms with Gasteiger partial charge in [0.15, 0.2) is 0 Å². The molecule has 1 heterocycles. The summed E-state index contributed by atoms with van der Waals surface area (Å²) in [5, 5.41) is 16.6. The van der Waals surface area contributed by atoms with Gasteiger partial charge in [-0.05, 0) is 36.2 Å². The molecule has 1 aliphatic carbocycles. The molecule has 0 amide bonds. The van der Waals surface area contributed by atoms with Crippen LogP contribution < -0.4 is 5.32 Å². The fourth-order valence-electron chi connectivity index (χ4n) is 2.64. The molecule has 5 nitrogen and oxygen atoms in total. The molecule has 2 rings (SSSR count). The van der Waals surface area contributed by atoms with Crippen molar-refractivity contribution in [1.29, 1.82) is 0 Å². The van der Waals surface area contributed by atoms with Gasteiger partial charge >= 0.3 is 0 Å². The van der Waals surface area contributed by atoms with E-state index in [1.165, 1.54) is 32.1 Å². The number of thioether (sulfide) groups is 1. The predicted molar refractivity (Wildman–Crippen MR) is 78.3 cm³/mol. The summed E-state index contributed by atoms with van der Waals surface area (Å²) in [6.07, 6.45) is 6.25. The van der Waals surface area contributed by atoms with Gasteiger partial charge in [-0.25, -0.2) is 4.68 Å². The number of hydrogen-bond acceptors (Lipinski definition) is 5. The average molecular weight is 283 g/mol. The highest BCUT2D eigenvalue weighted by Gasteiger charge is 2.22. The van der Waals surface area contributed by atoms with Gasteiger partial charge < -0.3 is 5.32 Å². The number of nitrogens with one attached hydrogen (secondary N) is 1. The SMILES string of the molecule is CCC(C)C(CSc1nnnn1C1CCCC1)NC. The average Bonchev–Trinajstić information content (AvgIpc) is 3.09. The predicted octanol–water partition coefficient (Wildman–Crippen LogP) is 2.51. The second-order valence-corrected chi connectivity index (χ2v) is 6.42. The molecule has 1 fully saturated rings. The van der Waals surface area contributed by atoms with E-state index in [0.717, 1.165) is 10.9 Å². The van der Waals surface area contributed by atoms with E-state index in [1.54, 1.807) is 11.8 Å². The molecule has 0 spiro atoms. The summed E-state index contributed by atoms with van der Waals surface area (Å²) in [5.41, 5.74) is 0. The van der Waals surface area contributed by atoms with Crippen LogP contribution in [0.4, 0.5) is 0 Å². The Morgan fingerprint density at radius 1 is 1.42 bits per heavy atom. The van der Waals surface area contributed by atoms with Crippen LogP contribution in [0.3, 0.4) is 0 Å². The molecular formula is C13H25N5S. The van der Waals surface area contributed by atoms with E-state index in [4.69, 9.17) is 0 Å². The molecule has 0 aliphatic heterocycles. The maximum absolute atomic E-state index is 4.19. The molecule has 2 atom stereocenters. The van der Waals surface area contributed by atoms with Crippen molar-refractivity contribution in [2.75, 3.05) is 12.8 Å². The Hall–Kier alpha value is -0.620. The lowest BCUT2D eigenvalue weighted by molar-refractivity contribution is 0.414. The van der Waals surface area contributed by atoms with Crippen molar-refractivity contribution in [1.82, 2.24) is 25.5 Å². The van der Waals surface area contributed by atoms with Crippen molar-refractivity contribution in [3.8, 4) is 0 Å². The van der Waals surface area contributed by atoms with E-state index in [0.29, 0.717) is 18.0 Å². The molecule has 0 bridgehead atoms. The molecule has 0 saturated heterocycles. The molecule has 1 aliphatic rings. The maximum Gasteiger partial charge on any atom is 0.209 e. The molecule has 108 valence electrons. The lowest BCUT2D eigenvalue weighted by Gasteiger charge is -2.21. The fourth-order valence-corrected chi connectivity index (χ4v) is 3.88. The van der Waals surface area contributed by atoms with Crippen LogP contribution in [0.1, 0.15) is 52.0 Å². The zero-order chi connectivity index (χ0) is 13.7. The van der Waals surface area contributed by atoms with Gasteiger partial charge in [0.1, 0.15) is 0 Å². The van der Waals surface area contributed by atoms with Crippen molar-refractivity contribution < 1.29 is 0 Å². The molecular weight excluding hydrogens is 258 g/mol. The summed E-state index contributed by atoms with van der Waals surface area (Å²) in [4.78, 5) is 0. The molecule has 1 aromatic rings. The summed E-state index contributed by atoms with van der Waals surface area (Å²) < 4.78 is 2.04. The largest absolute Gasteiger partial charge is 0.316 e. The minimum Gasteiger partial charge on any atom is -0.316 e. The molecule has 1 saturated carbocycles. The highest BCUT2D eigenvalue weighted by molar-refractivity contribution is 7.99. The zero-order valence-corrected chi connectivity index (χ0v) is 13.0. The van der Waals surface area contributed by atoms with E-state index in [1.807, 2.05) is 11.7 Å². The molecule has 1 aromatic heterocycles. The normalized spacial score (nSPS) is 19.7. The lowest BCUT2D eigenvalue weighted by Crippen LogP contribution is -2.34. The Balaban J connectivity index is 1.93. The second kappa shape index (κ2) is 7.24. The monoisotopic (exact) mass is 283 g/mol. The highest BCUT2D eigenvalue weighted by Crippen LogP contribution is 2.31. The Morgan fingerprint density at radius 2 is 2.16 bits per heavy atom. The fraction of sp³-hybridized carbons (Fsp3) is 0.923. The van der Waals surface area contributed by atoms with Crippen molar-refractivity contribution in [2.24, 2.45) is 5.92 Å². The number of tetrazole rings is 1. The van der Waals surface area contributed by atoms with Crippen molar-refractivity contribution in [2.45, 2.75) is 63.2 Å². The topological polar surface area (TPSA) is 55.6 Å². The molecule has 0 aromatic carbocycles. The first kappa shape index (κ1) is 14.8. The van der Waals surface area contributed by atoms with Crippen molar-refractivity contribution in [3.05, 3.63) is 0 Å². The van der Waals surface area contributed by atoms with E-state index in [2.05, 4.69) is 34.7 Å². The van der Waals surface area contributed by atoms with Crippen LogP contribution in [0.15, 0.2) is 5.16 Å². The van der Waals surface area contributed by atoms with Crippen LogP contribution in [-0.4, -0.2) is 39.0 Å². The van der Waals surface area contributed by atoms with E-state index in [-0.39, 0.29) is 0 Å². The van der Waals surface area contributed by atoms with Crippen LogP contribution in [0, 0.1) is 5.92 Å². The molecule has 6 heteroatoms. The highest BCUT2D eigenvalue weighted by atomic mass is 32.2. The number of nitrogens with zero attached hydrogens (tertiary/aromatic N) is 4. The molecule has 2 unspecified atom stereocenters. The minimum absolute atomic E-state index is 0.517. The maximum atomic E-state index is 4.19. The van der Waals surface area contributed by atoms with Crippen molar-refractivity contribution in [3.63, 3.8) is 0 Å². The zero-order valence-electron chi connectivity index (χ0n) is 12.2. The van der Waals surface area contributed by atoms with E-state index < -0.39 is 0 Å². The lowest BCUT2D eigenvalue weighted by atomic mass is 10.0. The summed E-state index contributed by atoms with van der Waals surface area (Å²) >= 11 is 1.78. The summed E-state index contributed by atoms with van der Waals surface area (Å²) in [6, 6.07) is 1.04. The van der Waals surface area contributed by atoms with Crippen LogP contribution in [0.5, 0.6) is 0 Å². The van der Waals surface area contributed by atoms with Gasteiger partial charge in [-0.3, -0.25) is 0 Å². The van der Waals surface area contributed by atoms with Crippen LogP contribution in [0.25, 0.3) is 0 Å². The standard InChI is InChI=1S/C13H25N5S/c1-4-10(2)12(14-3)9-19-13-15-16-17-18(13)11-7-5-6-8-11/h10-12,14H,4-9H2,1-3H3.